The second-order valence-corrected chi connectivity index (χ2v) is 6.12. The Labute approximate surface area is 151 Å². The largest absolute Gasteiger partial charge is 0.496 e. The standard InChI is InChI=1S/C20H20N2O4/c1-13-6-7-17(25-3)15(9-13)10-19(24)26-12-16-11-18(23)22-8-4-5-14(2)20(22)21-16/h4-9,11H,10,12H2,1-3H3. The van der Waals surface area contributed by atoms with Crippen molar-refractivity contribution < 1.29 is 14.3 Å². The Balaban J connectivity index is 1.74. The summed E-state index contributed by atoms with van der Waals surface area (Å²) in [7, 11) is 1.56. The van der Waals surface area contributed by atoms with Crippen molar-refractivity contribution in [1.29, 1.82) is 0 Å². The maximum absolute atomic E-state index is 12.2. The zero-order valence-electron chi connectivity index (χ0n) is 15.0. The topological polar surface area (TPSA) is 69.9 Å². The van der Waals surface area contributed by atoms with E-state index in [2.05, 4.69) is 4.98 Å². The van der Waals surface area contributed by atoms with Gasteiger partial charge in [0.05, 0.1) is 19.2 Å². The summed E-state index contributed by atoms with van der Waals surface area (Å²) >= 11 is 0. The van der Waals surface area contributed by atoms with Crippen LogP contribution in [0.25, 0.3) is 5.65 Å². The number of carbonyl (C=O) groups is 1. The first-order valence-electron chi connectivity index (χ1n) is 8.25. The van der Waals surface area contributed by atoms with Crippen LogP contribution < -0.4 is 10.3 Å². The van der Waals surface area contributed by atoms with Gasteiger partial charge in [0.1, 0.15) is 18.0 Å². The molecule has 3 aromatic rings. The molecule has 134 valence electrons. The van der Waals surface area contributed by atoms with E-state index in [-0.39, 0.29) is 18.6 Å². The molecule has 0 N–H and O–H groups in total. The molecular weight excluding hydrogens is 332 g/mol. The number of hydrogen-bond donors (Lipinski definition) is 0. The van der Waals surface area contributed by atoms with E-state index in [9.17, 15) is 9.59 Å². The first-order valence-corrected chi connectivity index (χ1v) is 8.25. The smallest absolute Gasteiger partial charge is 0.310 e. The molecule has 0 unspecified atom stereocenters. The highest BCUT2D eigenvalue weighted by Gasteiger charge is 2.12. The van der Waals surface area contributed by atoms with Crippen LogP contribution in [-0.4, -0.2) is 22.5 Å². The van der Waals surface area contributed by atoms with Gasteiger partial charge in [-0.2, -0.15) is 0 Å². The lowest BCUT2D eigenvalue weighted by Gasteiger charge is -2.10. The SMILES string of the molecule is COc1ccc(C)cc1CC(=O)OCc1cc(=O)n2cccc(C)c2n1. The molecule has 0 aliphatic heterocycles. The van der Waals surface area contributed by atoms with Gasteiger partial charge in [-0.3, -0.25) is 14.0 Å². The van der Waals surface area contributed by atoms with E-state index in [0.29, 0.717) is 17.1 Å². The van der Waals surface area contributed by atoms with Crippen molar-refractivity contribution in [2.75, 3.05) is 7.11 Å². The normalized spacial score (nSPS) is 10.7. The van der Waals surface area contributed by atoms with Crippen molar-refractivity contribution >= 4 is 11.6 Å². The fourth-order valence-corrected chi connectivity index (χ4v) is 2.79. The summed E-state index contributed by atoms with van der Waals surface area (Å²) in [6, 6.07) is 10.7. The number of carbonyl (C=O) groups excluding carboxylic acids is 1. The van der Waals surface area contributed by atoms with Gasteiger partial charge in [-0.25, -0.2) is 4.98 Å². The van der Waals surface area contributed by atoms with Crippen LogP contribution in [-0.2, 0) is 22.6 Å². The summed E-state index contributed by atoms with van der Waals surface area (Å²) in [5.74, 6) is 0.242. The second-order valence-electron chi connectivity index (χ2n) is 6.12. The first kappa shape index (κ1) is 17.7. The molecular formula is C20H20N2O4. The number of benzene rings is 1. The van der Waals surface area contributed by atoms with Crippen LogP contribution in [0.15, 0.2) is 47.4 Å². The Morgan fingerprint density at radius 1 is 1.19 bits per heavy atom. The van der Waals surface area contributed by atoms with Gasteiger partial charge in [0.2, 0.25) is 0 Å². The summed E-state index contributed by atoms with van der Waals surface area (Å²) in [5, 5.41) is 0. The van der Waals surface area contributed by atoms with E-state index in [1.807, 2.05) is 38.1 Å². The molecule has 6 heteroatoms. The highest BCUT2D eigenvalue weighted by atomic mass is 16.5. The Hall–Kier alpha value is -3.15. The monoisotopic (exact) mass is 352 g/mol. The molecule has 0 saturated heterocycles. The Morgan fingerprint density at radius 2 is 2.00 bits per heavy atom. The average molecular weight is 352 g/mol. The van der Waals surface area contributed by atoms with Crippen LogP contribution >= 0.6 is 0 Å². The molecule has 0 saturated carbocycles. The van der Waals surface area contributed by atoms with Crippen molar-refractivity contribution in [3.63, 3.8) is 0 Å². The molecule has 1 aromatic carbocycles. The van der Waals surface area contributed by atoms with Crippen LogP contribution in [0.3, 0.4) is 0 Å². The maximum atomic E-state index is 12.2. The third kappa shape index (κ3) is 3.74. The lowest BCUT2D eigenvalue weighted by molar-refractivity contribution is -0.144. The highest BCUT2D eigenvalue weighted by Crippen LogP contribution is 2.20. The number of fused-ring (bicyclic) bond motifs is 1. The molecule has 0 aliphatic rings. The number of aryl methyl sites for hydroxylation is 2. The van der Waals surface area contributed by atoms with E-state index in [0.717, 1.165) is 16.7 Å². The van der Waals surface area contributed by atoms with Crippen molar-refractivity contribution in [3.8, 4) is 5.75 Å². The molecule has 26 heavy (non-hydrogen) atoms. The van der Waals surface area contributed by atoms with Crippen LogP contribution in [0.2, 0.25) is 0 Å². The van der Waals surface area contributed by atoms with Crippen LogP contribution in [0.4, 0.5) is 0 Å². The molecule has 0 fully saturated rings. The van der Waals surface area contributed by atoms with Gasteiger partial charge in [0.25, 0.3) is 5.56 Å². The van der Waals surface area contributed by atoms with E-state index in [1.54, 1.807) is 19.4 Å². The van der Waals surface area contributed by atoms with Crippen LogP contribution in [0.1, 0.15) is 22.4 Å². The van der Waals surface area contributed by atoms with E-state index >= 15 is 0 Å². The van der Waals surface area contributed by atoms with E-state index in [4.69, 9.17) is 9.47 Å². The fraction of sp³-hybridized carbons (Fsp3) is 0.250. The molecule has 0 atom stereocenters. The summed E-state index contributed by atoms with van der Waals surface area (Å²) in [5.41, 5.74) is 3.46. The molecule has 0 aliphatic carbocycles. The molecule has 3 rings (SSSR count). The van der Waals surface area contributed by atoms with E-state index < -0.39 is 5.97 Å². The van der Waals surface area contributed by atoms with Gasteiger partial charge in [0.15, 0.2) is 0 Å². The second kappa shape index (κ2) is 7.39. The molecule has 0 bridgehead atoms. The molecule has 0 radical (unpaired) electrons. The average Bonchev–Trinajstić information content (AvgIpc) is 2.61. The van der Waals surface area contributed by atoms with Gasteiger partial charge < -0.3 is 9.47 Å². The van der Waals surface area contributed by atoms with Crippen molar-refractivity contribution in [3.05, 3.63) is 75.3 Å². The summed E-state index contributed by atoms with van der Waals surface area (Å²) < 4.78 is 12.1. The zero-order valence-corrected chi connectivity index (χ0v) is 15.0. The number of nitrogens with zero attached hydrogens (tertiary/aromatic N) is 2. The minimum atomic E-state index is -0.402. The van der Waals surface area contributed by atoms with Crippen molar-refractivity contribution in [1.82, 2.24) is 9.38 Å². The van der Waals surface area contributed by atoms with Crippen molar-refractivity contribution in [2.45, 2.75) is 26.9 Å². The van der Waals surface area contributed by atoms with E-state index in [1.165, 1.54) is 10.5 Å². The summed E-state index contributed by atoms with van der Waals surface area (Å²) in [6.45, 7) is 3.78. The minimum Gasteiger partial charge on any atom is -0.496 e. The third-order valence-electron chi connectivity index (χ3n) is 4.09. The number of pyridine rings is 1. The number of hydrogen-bond acceptors (Lipinski definition) is 5. The zero-order chi connectivity index (χ0) is 18.7. The third-order valence-corrected chi connectivity index (χ3v) is 4.09. The van der Waals surface area contributed by atoms with Crippen LogP contribution in [0, 0.1) is 13.8 Å². The number of ether oxygens (including phenoxy) is 2. The minimum absolute atomic E-state index is 0.0486. The summed E-state index contributed by atoms with van der Waals surface area (Å²) in [6.07, 6.45) is 1.76. The lowest BCUT2D eigenvalue weighted by atomic mass is 10.1. The molecule has 2 aromatic heterocycles. The van der Waals surface area contributed by atoms with Gasteiger partial charge in [0, 0.05) is 17.8 Å². The first-order chi connectivity index (χ1) is 12.5. The van der Waals surface area contributed by atoms with Crippen LogP contribution in [0.5, 0.6) is 5.75 Å². The Morgan fingerprint density at radius 3 is 2.77 bits per heavy atom. The van der Waals surface area contributed by atoms with Gasteiger partial charge in [-0.05, 0) is 31.5 Å². The van der Waals surface area contributed by atoms with Gasteiger partial charge >= 0.3 is 5.97 Å². The summed E-state index contributed by atoms with van der Waals surface area (Å²) in [4.78, 5) is 28.8. The van der Waals surface area contributed by atoms with Gasteiger partial charge in [-0.15, -0.1) is 0 Å². The lowest BCUT2D eigenvalue weighted by Crippen LogP contribution is -2.17. The molecule has 0 spiro atoms. The number of esters is 1. The highest BCUT2D eigenvalue weighted by molar-refractivity contribution is 5.73. The molecule has 2 heterocycles. The van der Waals surface area contributed by atoms with Gasteiger partial charge in [-0.1, -0.05) is 23.8 Å². The predicted octanol–water partition coefficient (Wildman–Crippen LogP) is 2.61. The molecule has 0 amide bonds. The fourth-order valence-electron chi connectivity index (χ4n) is 2.79. The number of methoxy groups -OCH3 is 1. The Bertz CT molecular complexity index is 1020. The predicted molar refractivity (Wildman–Crippen MR) is 97.4 cm³/mol. The quantitative estimate of drug-likeness (QED) is 0.660. The Kier molecular flexibility index (Phi) is 5.02. The van der Waals surface area contributed by atoms with Crippen molar-refractivity contribution in [2.24, 2.45) is 0 Å². The number of aromatic nitrogens is 2. The maximum Gasteiger partial charge on any atom is 0.310 e. The number of rotatable bonds is 5. The molecule has 6 nitrogen and oxygen atoms in total.